The zero-order valence-electron chi connectivity index (χ0n) is 8.89. The van der Waals surface area contributed by atoms with Crippen molar-refractivity contribution in [3.8, 4) is 0 Å². The SMILES string of the molecule is NC(=S)C1CCCN(C(=O)c2ccco2)C1. The Morgan fingerprint density at radius 2 is 2.44 bits per heavy atom. The van der Waals surface area contributed by atoms with E-state index in [4.69, 9.17) is 22.4 Å². The summed E-state index contributed by atoms with van der Waals surface area (Å²) >= 11 is 4.97. The van der Waals surface area contributed by atoms with Crippen molar-refractivity contribution in [2.45, 2.75) is 12.8 Å². The molecule has 1 aromatic rings. The number of carbonyl (C=O) groups is 1. The van der Waals surface area contributed by atoms with Crippen molar-refractivity contribution in [1.82, 2.24) is 4.90 Å². The van der Waals surface area contributed by atoms with Gasteiger partial charge in [0, 0.05) is 19.0 Å². The highest BCUT2D eigenvalue weighted by atomic mass is 32.1. The lowest BCUT2D eigenvalue weighted by Crippen LogP contribution is -2.43. The van der Waals surface area contributed by atoms with Crippen LogP contribution >= 0.6 is 12.2 Å². The highest BCUT2D eigenvalue weighted by Gasteiger charge is 2.26. The second kappa shape index (κ2) is 4.65. The zero-order valence-corrected chi connectivity index (χ0v) is 9.70. The van der Waals surface area contributed by atoms with Crippen LogP contribution in [0.1, 0.15) is 23.4 Å². The molecule has 2 heterocycles. The van der Waals surface area contributed by atoms with Gasteiger partial charge in [-0.05, 0) is 25.0 Å². The zero-order chi connectivity index (χ0) is 11.5. The summed E-state index contributed by atoms with van der Waals surface area (Å²) in [5.41, 5.74) is 5.62. The van der Waals surface area contributed by atoms with E-state index >= 15 is 0 Å². The van der Waals surface area contributed by atoms with Gasteiger partial charge in [-0.1, -0.05) is 12.2 Å². The van der Waals surface area contributed by atoms with Crippen molar-refractivity contribution in [3.63, 3.8) is 0 Å². The predicted molar refractivity (Wildman–Crippen MR) is 64.1 cm³/mol. The molecule has 0 aromatic carbocycles. The third kappa shape index (κ3) is 2.24. The van der Waals surface area contributed by atoms with Crippen molar-refractivity contribution in [1.29, 1.82) is 0 Å². The summed E-state index contributed by atoms with van der Waals surface area (Å²) in [6, 6.07) is 3.38. The minimum absolute atomic E-state index is 0.0778. The van der Waals surface area contributed by atoms with E-state index in [-0.39, 0.29) is 11.8 Å². The molecular formula is C11H14N2O2S. The lowest BCUT2D eigenvalue weighted by Gasteiger charge is -2.31. The number of piperidine rings is 1. The molecule has 1 aliphatic rings. The molecule has 0 bridgehead atoms. The first kappa shape index (κ1) is 11.1. The van der Waals surface area contributed by atoms with E-state index < -0.39 is 0 Å². The largest absolute Gasteiger partial charge is 0.459 e. The number of carbonyl (C=O) groups excluding carboxylic acids is 1. The van der Waals surface area contributed by atoms with Crippen molar-refractivity contribution < 1.29 is 9.21 Å². The minimum Gasteiger partial charge on any atom is -0.459 e. The highest BCUT2D eigenvalue weighted by Crippen LogP contribution is 2.18. The lowest BCUT2D eigenvalue weighted by molar-refractivity contribution is 0.0671. The highest BCUT2D eigenvalue weighted by molar-refractivity contribution is 7.80. The number of hydrogen-bond acceptors (Lipinski definition) is 3. The summed E-state index contributed by atoms with van der Waals surface area (Å²) in [6.07, 6.45) is 3.41. The van der Waals surface area contributed by atoms with E-state index in [1.54, 1.807) is 17.0 Å². The van der Waals surface area contributed by atoms with Crippen LogP contribution in [0.5, 0.6) is 0 Å². The molecule has 0 aliphatic carbocycles. The normalized spacial score (nSPS) is 20.8. The molecule has 2 rings (SSSR count). The van der Waals surface area contributed by atoms with Crippen LogP contribution < -0.4 is 5.73 Å². The molecule has 1 fully saturated rings. The van der Waals surface area contributed by atoms with Gasteiger partial charge in [0.25, 0.3) is 5.91 Å². The van der Waals surface area contributed by atoms with Crippen molar-refractivity contribution in [2.24, 2.45) is 11.7 Å². The number of nitrogens with two attached hydrogens (primary N) is 1. The molecule has 5 heteroatoms. The standard InChI is InChI=1S/C11H14N2O2S/c12-10(16)8-3-1-5-13(7-8)11(14)9-4-2-6-15-9/h2,4,6,8H,1,3,5,7H2,(H2,12,16). The van der Waals surface area contributed by atoms with E-state index in [1.807, 2.05) is 0 Å². The molecule has 0 radical (unpaired) electrons. The smallest absolute Gasteiger partial charge is 0.289 e. The molecule has 2 N–H and O–H groups in total. The van der Waals surface area contributed by atoms with Crippen LogP contribution in [0.3, 0.4) is 0 Å². The number of furan rings is 1. The van der Waals surface area contributed by atoms with Gasteiger partial charge in [0.1, 0.15) is 0 Å². The second-order valence-electron chi connectivity index (χ2n) is 3.97. The van der Waals surface area contributed by atoms with E-state index in [0.29, 0.717) is 17.3 Å². The molecular weight excluding hydrogens is 224 g/mol. The number of thiocarbonyl (C=S) groups is 1. The Kier molecular flexibility index (Phi) is 3.24. The number of nitrogens with zero attached hydrogens (tertiary/aromatic N) is 1. The molecule has 16 heavy (non-hydrogen) atoms. The first-order chi connectivity index (χ1) is 7.68. The van der Waals surface area contributed by atoms with Crippen LogP contribution in [0, 0.1) is 5.92 Å². The van der Waals surface area contributed by atoms with E-state index in [2.05, 4.69) is 0 Å². The first-order valence-corrected chi connectivity index (χ1v) is 5.71. The van der Waals surface area contributed by atoms with Gasteiger partial charge in [-0.2, -0.15) is 0 Å². The second-order valence-corrected chi connectivity index (χ2v) is 4.44. The third-order valence-electron chi connectivity index (χ3n) is 2.84. The van der Waals surface area contributed by atoms with Gasteiger partial charge in [0.2, 0.25) is 0 Å². The number of amides is 1. The molecule has 1 aliphatic heterocycles. The third-order valence-corrected chi connectivity index (χ3v) is 3.18. The Morgan fingerprint density at radius 3 is 3.06 bits per heavy atom. The van der Waals surface area contributed by atoms with Crippen molar-refractivity contribution >= 4 is 23.1 Å². The van der Waals surface area contributed by atoms with Gasteiger partial charge in [-0.3, -0.25) is 4.79 Å². The monoisotopic (exact) mass is 238 g/mol. The maximum absolute atomic E-state index is 12.0. The van der Waals surface area contributed by atoms with Crippen LogP contribution in [0.2, 0.25) is 0 Å². The summed E-state index contributed by atoms with van der Waals surface area (Å²) in [7, 11) is 0. The minimum atomic E-state index is -0.0778. The van der Waals surface area contributed by atoms with Crippen LogP contribution in [0.4, 0.5) is 0 Å². The van der Waals surface area contributed by atoms with Crippen molar-refractivity contribution in [2.75, 3.05) is 13.1 Å². The van der Waals surface area contributed by atoms with E-state index in [9.17, 15) is 4.79 Å². The van der Waals surface area contributed by atoms with E-state index in [0.717, 1.165) is 19.4 Å². The average molecular weight is 238 g/mol. The van der Waals surface area contributed by atoms with Gasteiger partial charge in [0.05, 0.1) is 11.3 Å². The molecule has 86 valence electrons. The van der Waals surface area contributed by atoms with Gasteiger partial charge in [-0.15, -0.1) is 0 Å². The molecule has 1 unspecified atom stereocenters. The Bertz CT molecular complexity index is 389. The molecule has 1 amide bonds. The summed E-state index contributed by atoms with van der Waals surface area (Å²) in [4.78, 5) is 14.2. The summed E-state index contributed by atoms with van der Waals surface area (Å²) in [6.45, 7) is 1.35. The maximum Gasteiger partial charge on any atom is 0.289 e. The summed E-state index contributed by atoms with van der Waals surface area (Å²) in [5, 5.41) is 0. The van der Waals surface area contributed by atoms with E-state index in [1.165, 1.54) is 6.26 Å². The molecule has 1 atom stereocenters. The molecule has 1 saturated heterocycles. The number of likely N-dealkylation sites (tertiary alicyclic amines) is 1. The molecule has 1 aromatic heterocycles. The van der Waals surface area contributed by atoms with Gasteiger partial charge in [0.15, 0.2) is 5.76 Å². The fraction of sp³-hybridized carbons (Fsp3) is 0.455. The summed E-state index contributed by atoms with van der Waals surface area (Å²) in [5.74, 6) is 0.442. The predicted octanol–water partition coefficient (Wildman–Crippen LogP) is 1.42. The van der Waals surface area contributed by atoms with Gasteiger partial charge in [-0.25, -0.2) is 0 Å². The average Bonchev–Trinajstić information content (AvgIpc) is 2.81. The fourth-order valence-electron chi connectivity index (χ4n) is 1.95. The fourth-order valence-corrected chi connectivity index (χ4v) is 2.14. The first-order valence-electron chi connectivity index (χ1n) is 5.30. The van der Waals surface area contributed by atoms with Crippen molar-refractivity contribution in [3.05, 3.63) is 24.2 Å². The Hall–Kier alpha value is -1.36. The Morgan fingerprint density at radius 1 is 1.62 bits per heavy atom. The van der Waals surface area contributed by atoms with Crippen LogP contribution in [-0.4, -0.2) is 28.9 Å². The Balaban J connectivity index is 2.05. The van der Waals surface area contributed by atoms with Gasteiger partial charge >= 0.3 is 0 Å². The molecule has 0 spiro atoms. The lowest BCUT2D eigenvalue weighted by atomic mass is 9.98. The topological polar surface area (TPSA) is 59.5 Å². The quantitative estimate of drug-likeness (QED) is 0.792. The Labute approximate surface area is 99.4 Å². The van der Waals surface area contributed by atoms with Crippen LogP contribution in [0.25, 0.3) is 0 Å². The molecule has 0 saturated carbocycles. The summed E-state index contributed by atoms with van der Waals surface area (Å²) < 4.78 is 5.09. The van der Waals surface area contributed by atoms with Crippen LogP contribution in [0.15, 0.2) is 22.8 Å². The van der Waals surface area contributed by atoms with Gasteiger partial charge < -0.3 is 15.1 Å². The number of rotatable bonds is 2. The maximum atomic E-state index is 12.0. The molecule has 4 nitrogen and oxygen atoms in total. The number of hydrogen-bond donors (Lipinski definition) is 1. The van der Waals surface area contributed by atoms with Crippen LogP contribution in [-0.2, 0) is 0 Å².